The maximum Gasteiger partial charge on any atom is 0.262 e. The smallest absolute Gasteiger partial charge is 0.262 e. The molecule has 1 amide bonds. The summed E-state index contributed by atoms with van der Waals surface area (Å²) in [6, 6.07) is 3.86. The minimum absolute atomic E-state index is 0.131. The molecular weight excluding hydrogens is 392 g/mol. The van der Waals surface area contributed by atoms with Crippen LogP contribution in [0.15, 0.2) is 22.8 Å². The summed E-state index contributed by atoms with van der Waals surface area (Å²) in [5.41, 5.74) is 0.944. The molecule has 1 aromatic carbocycles. The Morgan fingerprint density at radius 3 is 2.88 bits per heavy atom. The maximum atomic E-state index is 11.6. The number of rotatable bonds is 7. The normalized spacial score (nSPS) is 10.8. The van der Waals surface area contributed by atoms with Gasteiger partial charge >= 0.3 is 0 Å². The van der Waals surface area contributed by atoms with E-state index in [1.54, 1.807) is 20.4 Å². The minimum atomic E-state index is -0.131. The van der Waals surface area contributed by atoms with E-state index in [-0.39, 0.29) is 5.91 Å². The molecule has 128 valence electrons. The van der Waals surface area contributed by atoms with Crippen LogP contribution < -0.4 is 14.8 Å². The third-order valence-electron chi connectivity index (χ3n) is 3.10. The van der Waals surface area contributed by atoms with Gasteiger partial charge in [-0.2, -0.15) is 0 Å². The van der Waals surface area contributed by atoms with Crippen molar-refractivity contribution in [2.75, 3.05) is 20.8 Å². The van der Waals surface area contributed by atoms with Gasteiger partial charge < -0.3 is 14.8 Å². The molecule has 5 nitrogen and oxygen atoms in total. The highest BCUT2D eigenvalue weighted by molar-refractivity contribution is 9.10. The summed E-state index contributed by atoms with van der Waals surface area (Å²) in [6.45, 7) is 2.68. The second kappa shape index (κ2) is 8.84. The Balaban J connectivity index is 2.21. The fraction of sp³-hybridized carbons (Fsp3) is 0.294. The standard InChI is InChI=1S/C17H19BrN2O3S/c1-4-7-23-16-12(18)8-11(9-13(16)22-3)5-6-15-20-10-14(24-15)17(21)19-2/h5-6,8-10H,4,7H2,1-3H3,(H,19,21)/b6-5+. The zero-order chi connectivity index (χ0) is 17.5. The van der Waals surface area contributed by atoms with Crippen LogP contribution in [-0.2, 0) is 0 Å². The van der Waals surface area contributed by atoms with Crippen molar-refractivity contribution in [1.82, 2.24) is 10.3 Å². The Hall–Kier alpha value is -1.86. The Kier molecular flexibility index (Phi) is 6.81. The SMILES string of the molecule is CCCOc1c(Br)cc(/C=C/c2ncc(C(=O)NC)s2)cc1OC. The fourth-order valence-corrected chi connectivity index (χ4v) is 3.28. The number of ether oxygens (including phenoxy) is 2. The molecule has 0 aliphatic carbocycles. The van der Waals surface area contributed by atoms with Crippen LogP contribution >= 0.6 is 27.3 Å². The highest BCUT2D eigenvalue weighted by atomic mass is 79.9. The number of halogens is 1. The van der Waals surface area contributed by atoms with Crippen molar-refractivity contribution in [2.24, 2.45) is 0 Å². The van der Waals surface area contributed by atoms with E-state index < -0.39 is 0 Å². The number of methoxy groups -OCH3 is 1. The Morgan fingerprint density at radius 1 is 1.42 bits per heavy atom. The maximum absolute atomic E-state index is 11.6. The first kappa shape index (κ1) is 18.5. The van der Waals surface area contributed by atoms with Crippen molar-refractivity contribution >= 4 is 45.3 Å². The van der Waals surface area contributed by atoms with Crippen molar-refractivity contribution in [2.45, 2.75) is 13.3 Å². The molecule has 0 fully saturated rings. The van der Waals surface area contributed by atoms with Crippen LogP contribution in [0.5, 0.6) is 11.5 Å². The number of amides is 1. The summed E-state index contributed by atoms with van der Waals surface area (Å²) in [7, 11) is 3.22. The van der Waals surface area contributed by atoms with E-state index in [2.05, 4.69) is 33.2 Å². The predicted molar refractivity (Wildman–Crippen MR) is 101 cm³/mol. The summed E-state index contributed by atoms with van der Waals surface area (Å²) in [6.07, 6.45) is 6.28. The first-order chi connectivity index (χ1) is 11.6. The number of carbonyl (C=O) groups is 1. The monoisotopic (exact) mass is 410 g/mol. The molecule has 1 heterocycles. The van der Waals surface area contributed by atoms with Gasteiger partial charge in [0, 0.05) is 7.05 Å². The third kappa shape index (κ3) is 4.58. The lowest BCUT2D eigenvalue weighted by Crippen LogP contribution is -2.16. The van der Waals surface area contributed by atoms with E-state index in [4.69, 9.17) is 9.47 Å². The van der Waals surface area contributed by atoms with Crippen molar-refractivity contribution in [1.29, 1.82) is 0 Å². The number of thiazole rings is 1. The van der Waals surface area contributed by atoms with Gasteiger partial charge in [0.15, 0.2) is 11.5 Å². The zero-order valence-corrected chi connectivity index (χ0v) is 16.2. The summed E-state index contributed by atoms with van der Waals surface area (Å²) < 4.78 is 12.0. The molecule has 0 unspecified atom stereocenters. The first-order valence-electron chi connectivity index (χ1n) is 7.45. The van der Waals surface area contributed by atoms with Crippen LogP contribution in [0, 0.1) is 0 Å². The topological polar surface area (TPSA) is 60.5 Å². The molecule has 0 saturated carbocycles. The average Bonchev–Trinajstić information content (AvgIpc) is 3.06. The second-order valence-electron chi connectivity index (χ2n) is 4.86. The van der Waals surface area contributed by atoms with E-state index in [9.17, 15) is 4.79 Å². The molecule has 0 spiro atoms. The average molecular weight is 411 g/mol. The summed E-state index contributed by atoms with van der Waals surface area (Å²) in [5.74, 6) is 1.24. The van der Waals surface area contributed by atoms with Gasteiger partial charge in [-0.3, -0.25) is 4.79 Å². The molecule has 0 saturated heterocycles. The van der Waals surface area contributed by atoms with Gasteiger partial charge in [-0.1, -0.05) is 13.0 Å². The number of hydrogen-bond donors (Lipinski definition) is 1. The lowest BCUT2D eigenvalue weighted by atomic mass is 10.2. The van der Waals surface area contributed by atoms with Crippen molar-refractivity contribution in [3.05, 3.63) is 38.3 Å². The van der Waals surface area contributed by atoms with Crippen LogP contribution in [0.1, 0.15) is 33.6 Å². The van der Waals surface area contributed by atoms with Gasteiger partial charge in [-0.05, 0) is 46.1 Å². The third-order valence-corrected chi connectivity index (χ3v) is 4.65. The minimum Gasteiger partial charge on any atom is -0.493 e. The Bertz CT molecular complexity index is 743. The molecule has 0 atom stereocenters. The number of benzene rings is 1. The summed E-state index contributed by atoms with van der Waals surface area (Å²) in [5, 5.41) is 3.34. The molecule has 1 aromatic heterocycles. The van der Waals surface area contributed by atoms with E-state index in [0.29, 0.717) is 23.0 Å². The summed E-state index contributed by atoms with van der Waals surface area (Å²) >= 11 is 4.86. The van der Waals surface area contributed by atoms with Crippen molar-refractivity contribution < 1.29 is 14.3 Å². The second-order valence-corrected chi connectivity index (χ2v) is 6.77. The predicted octanol–water partition coefficient (Wildman–Crippen LogP) is 4.23. The molecule has 0 radical (unpaired) electrons. The van der Waals surface area contributed by atoms with Gasteiger partial charge in [0.2, 0.25) is 0 Å². The molecule has 0 aliphatic heterocycles. The van der Waals surface area contributed by atoms with Gasteiger partial charge in [0.1, 0.15) is 9.88 Å². The highest BCUT2D eigenvalue weighted by Gasteiger charge is 2.11. The van der Waals surface area contributed by atoms with E-state index >= 15 is 0 Å². The molecule has 0 bridgehead atoms. The largest absolute Gasteiger partial charge is 0.493 e. The van der Waals surface area contributed by atoms with Crippen LogP contribution in [0.25, 0.3) is 12.2 Å². The zero-order valence-electron chi connectivity index (χ0n) is 13.8. The number of nitrogens with zero attached hydrogens (tertiary/aromatic N) is 1. The highest BCUT2D eigenvalue weighted by Crippen LogP contribution is 2.37. The number of hydrogen-bond acceptors (Lipinski definition) is 5. The molecule has 2 rings (SSSR count). The summed E-state index contributed by atoms with van der Waals surface area (Å²) in [4.78, 5) is 16.4. The Morgan fingerprint density at radius 2 is 2.21 bits per heavy atom. The molecule has 7 heteroatoms. The molecule has 1 N–H and O–H groups in total. The van der Waals surface area contributed by atoms with Crippen LogP contribution in [0.3, 0.4) is 0 Å². The van der Waals surface area contributed by atoms with Gasteiger partial charge in [0.05, 0.1) is 24.4 Å². The van der Waals surface area contributed by atoms with Crippen LogP contribution in [-0.4, -0.2) is 31.7 Å². The number of nitrogens with one attached hydrogen (secondary N) is 1. The van der Waals surface area contributed by atoms with Gasteiger partial charge in [-0.15, -0.1) is 11.3 Å². The van der Waals surface area contributed by atoms with Crippen LogP contribution in [0.4, 0.5) is 0 Å². The van der Waals surface area contributed by atoms with Gasteiger partial charge in [-0.25, -0.2) is 4.98 Å². The van der Waals surface area contributed by atoms with E-state index in [1.165, 1.54) is 11.3 Å². The first-order valence-corrected chi connectivity index (χ1v) is 9.06. The van der Waals surface area contributed by atoms with E-state index in [1.807, 2.05) is 24.3 Å². The van der Waals surface area contributed by atoms with Crippen molar-refractivity contribution in [3.63, 3.8) is 0 Å². The lowest BCUT2D eigenvalue weighted by Gasteiger charge is -2.12. The molecule has 0 aliphatic rings. The fourth-order valence-electron chi connectivity index (χ4n) is 1.94. The number of aromatic nitrogens is 1. The molecule has 2 aromatic rings. The van der Waals surface area contributed by atoms with Crippen molar-refractivity contribution in [3.8, 4) is 11.5 Å². The van der Waals surface area contributed by atoms with Crippen LogP contribution in [0.2, 0.25) is 0 Å². The quantitative estimate of drug-likeness (QED) is 0.741. The Labute approximate surface area is 153 Å². The molecular formula is C17H19BrN2O3S. The molecule has 24 heavy (non-hydrogen) atoms. The number of carbonyl (C=O) groups excluding carboxylic acids is 1. The van der Waals surface area contributed by atoms with Gasteiger partial charge in [0.25, 0.3) is 5.91 Å². The lowest BCUT2D eigenvalue weighted by molar-refractivity contribution is 0.0967. The van der Waals surface area contributed by atoms with E-state index in [0.717, 1.165) is 21.5 Å².